The number of hydrogen-bond donors (Lipinski definition) is 2. The Morgan fingerprint density at radius 3 is 2.38 bits per heavy atom. The van der Waals surface area contributed by atoms with Crippen molar-refractivity contribution < 1.29 is 0 Å². The SMILES string of the molecule is CCc1ccc2ccc(-c3ccc(CCCNC)cc3)nc2c1.CNCC1CCN(C)C1. The number of aryl methyl sites for hydroxylation is 2. The fourth-order valence-corrected chi connectivity index (χ4v) is 4.34. The van der Waals surface area contributed by atoms with E-state index in [0.29, 0.717) is 0 Å². The molecule has 4 nitrogen and oxygen atoms in total. The summed E-state index contributed by atoms with van der Waals surface area (Å²) >= 11 is 0. The second-order valence-electron chi connectivity index (χ2n) is 8.96. The van der Waals surface area contributed by atoms with Crippen LogP contribution in [0.25, 0.3) is 22.2 Å². The van der Waals surface area contributed by atoms with Gasteiger partial charge in [0.25, 0.3) is 0 Å². The number of pyridine rings is 1. The monoisotopic (exact) mass is 432 g/mol. The van der Waals surface area contributed by atoms with Crippen LogP contribution in [-0.2, 0) is 12.8 Å². The fourth-order valence-electron chi connectivity index (χ4n) is 4.34. The van der Waals surface area contributed by atoms with Gasteiger partial charge in [-0.2, -0.15) is 0 Å². The van der Waals surface area contributed by atoms with E-state index in [-0.39, 0.29) is 0 Å². The third kappa shape index (κ3) is 7.13. The van der Waals surface area contributed by atoms with Gasteiger partial charge in [0.15, 0.2) is 0 Å². The van der Waals surface area contributed by atoms with Crippen molar-refractivity contribution in [3.8, 4) is 11.3 Å². The number of hydrogen-bond acceptors (Lipinski definition) is 4. The third-order valence-electron chi connectivity index (χ3n) is 6.29. The molecule has 1 atom stereocenters. The van der Waals surface area contributed by atoms with E-state index in [1.165, 1.54) is 54.6 Å². The van der Waals surface area contributed by atoms with E-state index in [1.807, 2.05) is 14.1 Å². The zero-order valence-electron chi connectivity index (χ0n) is 20.3. The van der Waals surface area contributed by atoms with Gasteiger partial charge in [0.1, 0.15) is 0 Å². The Morgan fingerprint density at radius 1 is 0.969 bits per heavy atom. The zero-order valence-corrected chi connectivity index (χ0v) is 20.3. The summed E-state index contributed by atoms with van der Waals surface area (Å²) < 4.78 is 0. The minimum absolute atomic E-state index is 0.903. The van der Waals surface area contributed by atoms with Gasteiger partial charge in [-0.3, -0.25) is 0 Å². The molecule has 0 amide bonds. The van der Waals surface area contributed by atoms with Gasteiger partial charge in [-0.1, -0.05) is 49.4 Å². The molecule has 2 heterocycles. The summed E-state index contributed by atoms with van der Waals surface area (Å²) in [7, 11) is 6.21. The van der Waals surface area contributed by atoms with Crippen LogP contribution in [0, 0.1) is 5.92 Å². The Hall–Kier alpha value is -2.27. The summed E-state index contributed by atoms with van der Waals surface area (Å²) in [5.74, 6) is 0.903. The number of benzene rings is 2. The van der Waals surface area contributed by atoms with E-state index in [1.54, 1.807) is 0 Å². The van der Waals surface area contributed by atoms with Gasteiger partial charge in [-0.25, -0.2) is 4.98 Å². The summed E-state index contributed by atoms with van der Waals surface area (Å²) in [5.41, 5.74) is 6.04. The van der Waals surface area contributed by atoms with Crippen molar-refractivity contribution in [2.45, 2.75) is 32.6 Å². The lowest BCUT2D eigenvalue weighted by Gasteiger charge is -2.08. The first-order valence-electron chi connectivity index (χ1n) is 12.1. The molecular weight excluding hydrogens is 392 g/mol. The zero-order chi connectivity index (χ0) is 22.8. The lowest BCUT2D eigenvalue weighted by molar-refractivity contribution is 0.392. The van der Waals surface area contributed by atoms with Crippen LogP contribution in [0.4, 0.5) is 0 Å². The summed E-state index contributed by atoms with van der Waals surface area (Å²) in [6, 6.07) is 19.6. The van der Waals surface area contributed by atoms with Crippen LogP contribution in [-0.4, -0.2) is 57.2 Å². The second kappa shape index (κ2) is 12.7. The molecule has 1 aromatic heterocycles. The Labute approximate surface area is 194 Å². The maximum atomic E-state index is 4.85. The molecule has 0 spiro atoms. The maximum absolute atomic E-state index is 4.85. The van der Waals surface area contributed by atoms with Crippen molar-refractivity contribution >= 4 is 10.9 Å². The summed E-state index contributed by atoms with van der Waals surface area (Å²) in [5, 5.41) is 7.60. The normalized spacial score (nSPS) is 16.2. The van der Waals surface area contributed by atoms with Crippen LogP contribution in [0.1, 0.15) is 30.9 Å². The molecule has 4 rings (SSSR count). The molecule has 4 heteroatoms. The number of rotatable bonds is 8. The predicted molar refractivity (Wildman–Crippen MR) is 138 cm³/mol. The number of nitrogens with one attached hydrogen (secondary N) is 2. The number of aromatic nitrogens is 1. The molecule has 1 unspecified atom stereocenters. The molecule has 1 aliphatic rings. The van der Waals surface area contributed by atoms with E-state index in [2.05, 4.69) is 84.1 Å². The van der Waals surface area contributed by atoms with Gasteiger partial charge in [0, 0.05) is 17.5 Å². The standard InChI is InChI=1S/C21H24N2.C7H16N2/c1-3-16-6-9-19-12-13-20(23-21(19)15-16)18-10-7-17(8-11-18)5-4-14-22-2;1-8-5-7-3-4-9(2)6-7/h6-13,15,22H,3-5,14H2,1-2H3;7-8H,3-6H2,1-2H3. The van der Waals surface area contributed by atoms with E-state index in [9.17, 15) is 0 Å². The van der Waals surface area contributed by atoms with Gasteiger partial charge in [-0.05, 0) is 95.6 Å². The molecule has 0 radical (unpaired) electrons. The van der Waals surface area contributed by atoms with Gasteiger partial charge >= 0.3 is 0 Å². The topological polar surface area (TPSA) is 40.2 Å². The van der Waals surface area contributed by atoms with Crippen LogP contribution in [0.2, 0.25) is 0 Å². The van der Waals surface area contributed by atoms with E-state index in [4.69, 9.17) is 4.98 Å². The highest BCUT2D eigenvalue weighted by Gasteiger charge is 2.17. The minimum atomic E-state index is 0.903. The van der Waals surface area contributed by atoms with Crippen LogP contribution in [0.15, 0.2) is 54.6 Å². The van der Waals surface area contributed by atoms with Crippen LogP contribution in [0.3, 0.4) is 0 Å². The third-order valence-corrected chi connectivity index (χ3v) is 6.29. The van der Waals surface area contributed by atoms with Gasteiger partial charge in [0.05, 0.1) is 11.2 Å². The first-order valence-corrected chi connectivity index (χ1v) is 12.1. The Balaban J connectivity index is 0.000000269. The van der Waals surface area contributed by atoms with Crippen LogP contribution >= 0.6 is 0 Å². The van der Waals surface area contributed by atoms with Crippen molar-refractivity contribution in [1.82, 2.24) is 20.5 Å². The average Bonchev–Trinajstić information content (AvgIpc) is 3.24. The molecule has 0 bridgehead atoms. The molecule has 2 aromatic carbocycles. The second-order valence-corrected chi connectivity index (χ2v) is 8.96. The van der Waals surface area contributed by atoms with Crippen molar-refractivity contribution in [2.24, 2.45) is 5.92 Å². The lowest BCUT2D eigenvalue weighted by Crippen LogP contribution is -2.21. The van der Waals surface area contributed by atoms with Gasteiger partial charge in [0.2, 0.25) is 0 Å². The van der Waals surface area contributed by atoms with Crippen molar-refractivity contribution in [3.05, 3.63) is 65.7 Å². The molecule has 172 valence electrons. The first kappa shape index (κ1) is 24.4. The first-order chi connectivity index (χ1) is 15.6. The van der Waals surface area contributed by atoms with Gasteiger partial charge in [-0.15, -0.1) is 0 Å². The Morgan fingerprint density at radius 2 is 1.72 bits per heavy atom. The quantitative estimate of drug-likeness (QED) is 0.503. The Bertz CT molecular complexity index is 949. The van der Waals surface area contributed by atoms with Crippen LogP contribution in [0.5, 0.6) is 0 Å². The van der Waals surface area contributed by atoms with E-state index >= 15 is 0 Å². The molecule has 1 saturated heterocycles. The average molecular weight is 433 g/mol. The summed E-state index contributed by atoms with van der Waals surface area (Å²) in [6.07, 6.45) is 4.70. The fraction of sp³-hybridized carbons (Fsp3) is 0.464. The number of likely N-dealkylation sites (tertiary alicyclic amines) is 1. The summed E-state index contributed by atoms with van der Waals surface area (Å²) in [4.78, 5) is 7.24. The molecule has 0 aliphatic carbocycles. The molecule has 1 aliphatic heterocycles. The molecule has 32 heavy (non-hydrogen) atoms. The molecule has 1 fully saturated rings. The number of nitrogens with zero attached hydrogens (tertiary/aromatic N) is 2. The predicted octanol–water partition coefficient (Wildman–Crippen LogP) is 4.77. The van der Waals surface area contributed by atoms with Crippen molar-refractivity contribution in [1.29, 1.82) is 0 Å². The molecular formula is C28H40N4. The van der Waals surface area contributed by atoms with E-state index < -0.39 is 0 Å². The van der Waals surface area contributed by atoms with Gasteiger partial charge < -0.3 is 15.5 Å². The van der Waals surface area contributed by atoms with Crippen LogP contribution < -0.4 is 10.6 Å². The van der Waals surface area contributed by atoms with E-state index in [0.717, 1.165) is 36.5 Å². The molecule has 0 saturated carbocycles. The number of fused-ring (bicyclic) bond motifs is 1. The smallest absolute Gasteiger partial charge is 0.0712 e. The largest absolute Gasteiger partial charge is 0.320 e. The van der Waals surface area contributed by atoms with Crippen molar-refractivity contribution in [2.75, 3.05) is 47.3 Å². The highest BCUT2D eigenvalue weighted by Crippen LogP contribution is 2.22. The Kier molecular flexibility index (Phi) is 9.66. The van der Waals surface area contributed by atoms with Crippen molar-refractivity contribution in [3.63, 3.8) is 0 Å². The highest BCUT2D eigenvalue weighted by molar-refractivity contribution is 5.82. The molecule has 3 aromatic rings. The maximum Gasteiger partial charge on any atom is 0.0712 e. The molecule has 2 N–H and O–H groups in total. The summed E-state index contributed by atoms with van der Waals surface area (Å²) in [6.45, 7) is 6.99. The lowest BCUT2D eigenvalue weighted by atomic mass is 10.0. The highest BCUT2D eigenvalue weighted by atomic mass is 15.1. The minimum Gasteiger partial charge on any atom is -0.320 e.